The first-order valence-electron chi connectivity index (χ1n) is 10.9. The molecule has 174 valence electrons. The van der Waals surface area contributed by atoms with E-state index in [1.54, 1.807) is 41.6 Å². The lowest BCUT2D eigenvalue weighted by Gasteiger charge is -2.24. The summed E-state index contributed by atoms with van der Waals surface area (Å²) in [4.78, 5) is 37.1. The van der Waals surface area contributed by atoms with E-state index < -0.39 is 0 Å². The number of hydrogen-bond donors (Lipinski definition) is 2. The lowest BCUT2D eigenvalue weighted by atomic mass is 10.1. The van der Waals surface area contributed by atoms with Gasteiger partial charge >= 0.3 is 5.97 Å². The van der Waals surface area contributed by atoms with Crippen LogP contribution in [0.3, 0.4) is 0 Å². The number of aromatic nitrogens is 6. The van der Waals surface area contributed by atoms with Crippen LogP contribution in [0.4, 0.5) is 11.4 Å². The third kappa shape index (κ3) is 4.42. The van der Waals surface area contributed by atoms with Crippen molar-refractivity contribution in [2.75, 3.05) is 17.2 Å². The van der Waals surface area contributed by atoms with Gasteiger partial charge in [-0.15, -0.1) is 0 Å². The average molecular weight is 462 g/mol. The van der Waals surface area contributed by atoms with Crippen molar-refractivity contribution >= 4 is 34.3 Å². The van der Waals surface area contributed by atoms with Crippen LogP contribution in [0, 0.1) is 0 Å². The molecule has 0 aliphatic carbocycles. The Balaban J connectivity index is 1.43. The van der Waals surface area contributed by atoms with Crippen molar-refractivity contribution in [2.24, 2.45) is 0 Å². The van der Waals surface area contributed by atoms with E-state index in [-0.39, 0.29) is 42.5 Å². The molecule has 0 spiro atoms. The summed E-state index contributed by atoms with van der Waals surface area (Å²) in [6, 6.07) is 3.35. The smallest absolute Gasteiger partial charge is 0.307 e. The van der Waals surface area contributed by atoms with Gasteiger partial charge in [0.2, 0.25) is 5.91 Å². The summed E-state index contributed by atoms with van der Waals surface area (Å²) in [6.07, 6.45) is 7.37. The molecule has 4 aromatic rings. The third-order valence-corrected chi connectivity index (χ3v) is 5.42. The van der Waals surface area contributed by atoms with Crippen molar-refractivity contribution in [3.05, 3.63) is 42.7 Å². The molecule has 5 heterocycles. The topological polar surface area (TPSA) is 150 Å². The normalized spacial score (nSPS) is 15.8. The Morgan fingerprint density at radius 2 is 2.21 bits per heavy atom. The Morgan fingerprint density at radius 1 is 1.29 bits per heavy atom. The van der Waals surface area contributed by atoms with E-state index in [1.807, 2.05) is 6.92 Å². The molecule has 1 aliphatic heterocycles. The lowest BCUT2D eigenvalue weighted by molar-refractivity contribution is -0.147. The number of rotatable bonds is 7. The van der Waals surface area contributed by atoms with Crippen LogP contribution < -0.4 is 10.6 Å². The highest BCUT2D eigenvalue weighted by molar-refractivity contribution is 5.97. The number of aryl methyl sites for hydroxylation is 1. The summed E-state index contributed by atoms with van der Waals surface area (Å²) in [7, 11) is 0. The monoisotopic (exact) mass is 462 g/mol. The number of anilines is 2. The number of nitrogens with zero attached hydrogens (tertiary/aromatic N) is 6. The second-order valence-electron chi connectivity index (χ2n) is 7.78. The quantitative estimate of drug-likeness (QED) is 0.391. The highest BCUT2D eigenvalue weighted by Gasteiger charge is 2.25. The molecule has 1 fully saturated rings. The van der Waals surface area contributed by atoms with E-state index in [9.17, 15) is 9.59 Å². The van der Waals surface area contributed by atoms with E-state index in [0.717, 1.165) is 5.39 Å². The van der Waals surface area contributed by atoms with Gasteiger partial charge in [-0.1, -0.05) is 5.16 Å². The van der Waals surface area contributed by atoms with Crippen LogP contribution in [0.2, 0.25) is 0 Å². The van der Waals surface area contributed by atoms with Gasteiger partial charge in [-0.2, -0.15) is 10.1 Å². The van der Waals surface area contributed by atoms with Crippen LogP contribution in [0.25, 0.3) is 22.5 Å². The second kappa shape index (κ2) is 9.25. The Kier molecular flexibility index (Phi) is 5.85. The molecule has 2 N–H and O–H groups in total. The van der Waals surface area contributed by atoms with E-state index in [1.165, 1.54) is 0 Å². The van der Waals surface area contributed by atoms with Gasteiger partial charge in [0.05, 0.1) is 54.2 Å². The maximum absolute atomic E-state index is 12.4. The van der Waals surface area contributed by atoms with Crippen LogP contribution in [0.15, 0.2) is 41.4 Å². The zero-order chi connectivity index (χ0) is 23.5. The first-order chi connectivity index (χ1) is 16.6. The van der Waals surface area contributed by atoms with Crippen LogP contribution >= 0.6 is 0 Å². The van der Waals surface area contributed by atoms with E-state index in [4.69, 9.17) is 9.26 Å². The van der Waals surface area contributed by atoms with Gasteiger partial charge in [-0.05, 0) is 19.1 Å². The van der Waals surface area contributed by atoms with Gasteiger partial charge in [0.25, 0.3) is 5.89 Å². The Labute approximate surface area is 193 Å². The predicted octanol–water partition coefficient (Wildman–Crippen LogP) is 2.19. The number of fused-ring (bicyclic) bond motifs is 1. The number of cyclic esters (lactones) is 1. The highest BCUT2D eigenvalue weighted by Crippen LogP contribution is 2.34. The molecule has 0 radical (unpaired) electrons. The van der Waals surface area contributed by atoms with Crippen molar-refractivity contribution < 1.29 is 18.8 Å². The molecule has 1 atom stereocenters. The first-order valence-corrected chi connectivity index (χ1v) is 10.9. The number of esters is 1. The minimum absolute atomic E-state index is 0.0704. The molecule has 0 saturated carbocycles. The number of nitrogens with one attached hydrogen (secondary N) is 2. The fourth-order valence-corrected chi connectivity index (χ4v) is 3.80. The molecule has 12 nitrogen and oxygen atoms in total. The Morgan fingerprint density at radius 3 is 3.00 bits per heavy atom. The third-order valence-electron chi connectivity index (χ3n) is 5.42. The molecule has 5 rings (SSSR count). The zero-order valence-corrected chi connectivity index (χ0v) is 18.4. The van der Waals surface area contributed by atoms with Gasteiger partial charge in [0, 0.05) is 31.4 Å². The number of pyridine rings is 2. The second-order valence-corrected chi connectivity index (χ2v) is 7.78. The van der Waals surface area contributed by atoms with Crippen LogP contribution in [0.1, 0.15) is 25.6 Å². The standard InChI is InChI=1S/C22H22N8O4/c1-2-30-21-15(12-25-30)20(27-13-5-7-33-19(32)8-13)16(11-24-21)22-28-17(29-34-22)9-18(31)26-14-4-3-6-23-10-14/h3-4,6,10-13H,2,5,7-9H2,1H3,(H,24,27)(H,26,31). The van der Waals surface area contributed by atoms with Crippen molar-refractivity contribution in [3.8, 4) is 11.5 Å². The van der Waals surface area contributed by atoms with Gasteiger partial charge < -0.3 is 19.9 Å². The molecule has 0 aromatic carbocycles. The largest absolute Gasteiger partial charge is 0.466 e. The summed E-state index contributed by atoms with van der Waals surface area (Å²) in [5.41, 5.74) is 2.53. The van der Waals surface area contributed by atoms with Gasteiger partial charge in [-0.25, -0.2) is 9.67 Å². The first kappa shape index (κ1) is 21.5. The van der Waals surface area contributed by atoms with Crippen molar-refractivity contribution in [3.63, 3.8) is 0 Å². The lowest BCUT2D eigenvalue weighted by Crippen LogP contribution is -2.31. The van der Waals surface area contributed by atoms with Crippen molar-refractivity contribution in [2.45, 2.75) is 38.8 Å². The number of ether oxygens (including phenoxy) is 1. The summed E-state index contributed by atoms with van der Waals surface area (Å²) < 4.78 is 12.3. The van der Waals surface area contributed by atoms with Crippen molar-refractivity contribution in [1.29, 1.82) is 0 Å². The molecule has 1 saturated heterocycles. The number of carbonyl (C=O) groups is 2. The van der Waals surface area contributed by atoms with Crippen LogP contribution in [-0.2, 0) is 27.3 Å². The molecule has 0 bridgehead atoms. The fourth-order valence-electron chi connectivity index (χ4n) is 3.80. The molecule has 34 heavy (non-hydrogen) atoms. The summed E-state index contributed by atoms with van der Waals surface area (Å²) in [5.74, 6) is -0.103. The molecule has 1 aliphatic rings. The van der Waals surface area contributed by atoms with Crippen LogP contribution in [0.5, 0.6) is 0 Å². The predicted molar refractivity (Wildman–Crippen MR) is 121 cm³/mol. The van der Waals surface area contributed by atoms with Gasteiger partial charge in [0.1, 0.15) is 0 Å². The maximum atomic E-state index is 12.4. The minimum Gasteiger partial charge on any atom is -0.466 e. The molecule has 1 unspecified atom stereocenters. The number of hydrogen-bond acceptors (Lipinski definition) is 10. The number of amides is 1. The fraction of sp³-hybridized carbons (Fsp3) is 0.318. The van der Waals surface area contributed by atoms with E-state index in [2.05, 4.69) is 35.8 Å². The summed E-state index contributed by atoms with van der Waals surface area (Å²) >= 11 is 0. The Hall–Kier alpha value is -4.35. The zero-order valence-electron chi connectivity index (χ0n) is 18.4. The minimum atomic E-state index is -0.294. The van der Waals surface area contributed by atoms with Gasteiger partial charge in [-0.3, -0.25) is 14.6 Å². The molecular formula is C22H22N8O4. The van der Waals surface area contributed by atoms with E-state index in [0.29, 0.717) is 42.2 Å². The maximum Gasteiger partial charge on any atom is 0.307 e. The molecule has 4 aromatic heterocycles. The molecule has 12 heteroatoms. The van der Waals surface area contributed by atoms with Crippen LogP contribution in [-0.4, -0.2) is 54.4 Å². The van der Waals surface area contributed by atoms with E-state index >= 15 is 0 Å². The number of carbonyl (C=O) groups excluding carboxylic acids is 2. The van der Waals surface area contributed by atoms with Gasteiger partial charge in [0.15, 0.2) is 11.5 Å². The molecular weight excluding hydrogens is 440 g/mol. The highest BCUT2D eigenvalue weighted by atomic mass is 16.5. The summed E-state index contributed by atoms with van der Waals surface area (Å²) in [6.45, 7) is 2.99. The average Bonchev–Trinajstić information content (AvgIpc) is 3.47. The Bertz CT molecular complexity index is 1330. The van der Waals surface area contributed by atoms with Crippen molar-refractivity contribution in [1.82, 2.24) is 29.9 Å². The SMILES string of the molecule is CCn1ncc2c(NC3CCOC(=O)C3)c(-c3nc(CC(=O)Nc4cccnc4)no3)cnc21. The molecule has 1 amide bonds. The summed E-state index contributed by atoms with van der Waals surface area (Å²) in [5, 5.41) is 15.3.